The first-order valence-corrected chi connectivity index (χ1v) is 12.7. The van der Waals surface area contributed by atoms with E-state index in [-0.39, 0.29) is 17.7 Å². The van der Waals surface area contributed by atoms with E-state index in [1.165, 1.54) is 12.1 Å². The molecule has 0 aliphatic heterocycles. The molecule has 2 aromatic carbocycles. The molecule has 0 amide bonds. The lowest BCUT2D eigenvalue weighted by Crippen LogP contribution is -2.20. The van der Waals surface area contributed by atoms with Crippen molar-refractivity contribution in [3.63, 3.8) is 0 Å². The van der Waals surface area contributed by atoms with E-state index < -0.39 is 0 Å². The van der Waals surface area contributed by atoms with E-state index in [1.54, 1.807) is 24.7 Å². The number of carbonyl (C=O) groups is 1. The van der Waals surface area contributed by atoms with Crippen molar-refractivity contribution in [1.29, 1.82) is 0 Å². The Kier molecular flexibility index (Phi) is 6.32. The molecule has 1 atom stereocenters. The van der Waals surface area contributed by atoms with Gasteiger partial charge in [-0.15, -0.1) is 0 Å². The number of fused-ring (bicyclic) bond motifs is 2. The van der Waals surface area contributed by atoms with Gasteiger partial charge in [0, 0.05) is 47.6 Å². The van der Waals surface area contributed by atoms with Gasteiger partial charge in [-0.3, -0.25) is 15.1 Å². The van der Waals surface area contributed by atoms with Crippen molar-refractivity contribution in [3.8, 4) is 33.8 Å². The summed E-state index contributed by atoms with van der Waals surface area (Å²) in [5.74, 6) is 0.454. The summed E-state index contributed by atoms with van der Waals surface area (Å²) in [6.45, 7) is 4.62. The number of halogens is 1. The monoisotopic (exact) mass is 519 g/mol. The van der Waals surface area contributed by atoms with Gasteiger partial charge in [-0.2, -0.15) is 5.10 Å². The fraction of sp³-hybridized carbons (Fsp3) is 0.167. The standard InChI is InChI=1S/C30H26FN7O/c1-17(2)21(16-39)12-34-23-9-20(11-32-13-23)18-6-7-26-24(10-18)29(38-37-26)30-35-27-15-33-14-25(28(27)36-30)19-4-3-5-22(31)8-19/h3-11,13-17,21,34H,12H2,1-2H3,(H,35,36)(H,37,38). The molecule has 0 fully saturated rings. The molecule has 6 aromatic rings. The van der Waals surface area contributed by atoms with Crippen molar-refractivity contribution >= 4 is 33.9 Å². The second kappa shape index (κ2) is 10.1. The molecule has 0 bridgehead atoms. The molecule has 0 saturated heterocycles. The van der Waals surface area contributed by atoms with E-state index >= 15 is 0 Å². The van der Waals surface area contributed by atoms with Crippen molar-refractivity contribution < 1.29 is 9.18 Å². The number of hydrogen-bond acceptors (Lipinski definition) is 6. The predicted octanol–water partition coefficient (Wildman–Crippen LogP) is 6.25. The van der Waals surface area contributed by atoms with E-state index in [0.29, 0.717) is 29.1 Å². The first kappa shape index (κ1) is 24.4. The molecule has 4 aromatic heterocycles. The van der Waals surface area contributed by atoms with E-state index in [1.807, 2.05) is 44.3 Å². The molecule has 0 spiro atoms. The van der Waals surface area contributed by atoms with Crippen LogP contribution in [0.4, 0.5) is 10.1 Å². The van der Waals surface area contributed by atoms with Gasteiger partial charge in [0.1, 0.15) is 17.8 Å². The van der Waals surface area contributed by atoms with Crippen molar-refractivity contribution in [1.82, 2.24) is 30.1 Å². The molecule has 0 aliphatic rings. The third kappa shape index (κ3) is 4.74. The molecule has 0 aliphatic carbocycles. The molecular weight excluding hydrogens is 493 g/mol. The predicted molar refractivity (Wildman–Crippen MR) is 150 cm³/mol. The number of imidazole rings is 1. The van der Waals surface area contributed by atoms with Gasteiger partial charge >= 0.3 is 0 Å². The fourth-order valence-corrected chi connectivity index (χ4v) is 4.66. The van der Waals surface area contributed by atoms with Crippen molar-refractivity contribution in [3.05, 3.63) is 79.1 Å². The lowest BCUT2D eigenvalue weighted by molar-refractivity contribution is -0.111. The summed E-state index contributed by atoms with van der Waals surface area (Å²) in [4.78, 5) is 28.3. The second-order valence-electron chi connectivity index (χ2n) is 9.90. The Morgan fingerprint density at radius 3 is 2.64 bits per heavy atom. The number of H-pyrrole nitrogens is 2. The average molecular weight is 520 g/mol. The number of aromatic nitrogens is 6. The molecule has 6 rings (SSSR count). The maximum Gasteiger partial charge on any atom is 0.159 e. The number of hydrogen-bond donors (Lipinski definition) is 3. The number of nitrogens with one attached hydrogen (secondary N) is 3. The van der Waals surface area contributed by atoms with E-state index in [9.17, 15) is 9.18 Å². The first-order valence-electron chi connectivity index (χ1n) is 12.7. The third-order valence-electron chi connectivity index (χ3n) is 6.96. The van der Waals surface area contributed by atoms with Crippen LogP contribution in [-0.4, -0.2) is 43.0 Å². The Balaban J connectivity index is 1.36. The van der Waals surface area contributed by atoms with Crippen LogP contribution in [0.1, 0.15) is 13.8 Å². The molecule has 0 radical (unpaired) electrons. The Labute approximate surface area is 223 Å². The smallest absolute Gasteiger partial charge is 0.159 e. The summed E-state index contributed by atoms with van der Waals surface area (Å²) in [7, 11) is 0. The maximum atomic E-state index is 13.9. The van der Waals surface area contributed by atoms with Gasteiger partial charge in [-0.25, -0.2) is 9.37 Å². The minimum atomic E-state index is -0.316. The van der Waals surface area contributed by atoms with Crippen LogP contribution in [-0.2, 0) is 4.79 Å². The van der Waals surface area contributed by atoms with Crippen LogP contribution in [0.15, 0.2) is 73.3 Å². The lowest BCUT2D eigenvalue weighted by atomic mass is 9.97. The topological polar surface area (TPSA) is 112 Å². The number of aldehydes is 1. The molecule has 194 valence electrons. The number of carbonyl (C=O) groups excluding carboxylic acids is 1. The fourth-order valence-electron chi connectivity index (χ4n) is 4.66. The minimum Gasteiger partial charge on any atom is -0.383 e. The SMILES string of the molecule is CC(C)C(C=O)CNc1cncc(-c2ccc3[nH]nc(-c4nc5c(-c6cccc(F)c6)cncc5[nH]4)c3c2)c1. The molecule has 1 unspecified atom stereocenters. The highest BCUT2D eigenvalue weighted by Gasteiger charge is 2.17. The Hall–Kier alpha value is -4.92. The zero-order chi connectivity index (χ0) is 26.9. The van der Waals surface area contributed by atoms with Gasteiger partial charge in [0.15, 0.2) is 5.82 Å². The molecule has 9 heteroatoms. The lowest BCUT2D eigenvalue weighted by Gasteiger charge is -2.16. The Bertz CT molecular complexity index is 1810. The number of rotatable bonds is 8. The summed E-state index contributed by atoms with van der Waals surface area (Å²) >= 11 is 0. The van der Waals surface area contributed by atoms with Gasteiger partial charge in [0.2, 0.25) is 0 Å². The van der Waals surface area contributed by atoms with Crippen LogP contribution < -0.4 is 5.32 Å². The number of aromatic amines is 2. The zero-order valence-corrected chi connectivity index (χ0v) is 21.4. The zero-order valence-electron chi connectivity index (χ0n) is 21.4. The van der Waals surface area contributed by atoms with Gasteiger partial charge in [0.05, 0.1) is 28.4 Å². The normalized spacial score (nSPS) is 12.3. The number of nitrogens with zero attached hydrogens (tertiary/aromatic N) is 4. The summed E-state index contributed by atoms with van der Waals surface area (Å²) < 4.78 is 13.9. The van der Waals surface area contributed by atoms with E-state index in [0.717, 1.165) is 45.1 Å². The summed E-state index contributed by atoms with van der Waals surface area (Å²) in [6.07, 6.45) is 7.96. The first-order chi connectivity index (χ1) is 19.0. The van der Waals surface area contributed by atoms with E-state index in [4.69, 9.17) is 4.98 Å². The van der Waals surface area contributed by atoms with Gasteiger partial charge < -0.3 is 15.1 Å². The third-order valence-corrected chi connectivity index (χ3v) is 6.96. The molecule has 4 heterocycles. The molecule has 3 N–H and O–H groups in total. The van der Waals surface area contributed by atoms with Crippen LogP contribution in [0.3, 0.4) is 0 Å². The molecule has 39 heavy (non-hydrogen) atoms. The molecule has 0 saturated carbocycles. The summed E-state index contributed by atoms with van der Waals surface area (Å²) in [5.41, 5.74) is 7.15. The van der Waals surface area contributed by atoms with Crippen LogP contribution in [0.25, 0.3) is 55.7 Å². The molecular formula is C30H26FN7O. The number of pyridine rings is 2. The number of benzene rings is 2. The van der Waals surface area contributed by atoms with Crippen LogP contribution in [0.5, 0.6) is 0 Å². The van der Waals surface area contributed by atoms with Crippen LogP contribution in [0.2, 0.25) is 0 Å². The largest absolute Gasteiger partial charge is 0.383 e. The highest BCUT2D eigenvalue weighted by molar-refractivity contribution is 5.98. The summed E-state index contributed by atoms with van der Waals surface area (Å²) in [6, 6.07) is 14.5. The van der Waals surface area contributed by atoms with Gasteiger partial charge in [-0.1, -0.05) is 32.0 Å². The van der Waals surface area contributed by atoms with E-state index in [2.05, 4.69) is 36.5 Å². The Morgan fingerprint density at radius 1 is 0.949 bits per heavy atom. The van der Waals surface area contributed by atoms with Gasteiger partial charge in [-0.05, 0) is 47.4 Å². The van der Waals surface area contributed by atoms with Crippen molar-refractivity contribution in [2.45, 2.75) is 13.8 Å². The van der Waals surface area contributed by atoms with Gasteiger partial charge in [0.25, 0.3) is 0 Å². The highest BCUT2D eigenvalue weighted by atomic mass is 19.1. The highest BCUT2D eigenvalue weighted by Crippen LogP contribution is 2.33. The summed E-state index contributed by atoms with van der Waals surface area (Å²) in [5, 5.41) is 11.9. The minimum absolute atomic E-state index is 0.0704. The van der Waals surface area contributed by atoms with Crippen molar-refractivity contribution in [2.24, 2.45) is 11.8 Å². The number of anilines is 1. The average Bonchev–Trinajstić information content (AvgIpc) is 3.57. The quantitative estimate of drug-likeness (QED) is 0.205. The Morgan fingerprint density at radius 2 is 1.82 bits per heavy atom. The maximum absolute atomic E-state index is 13.9. The van der Waals surface area contributed by atoms with Crippen LogP contribution >= 0.6 is 0 Å². The van der Waals surface area contributed by atoms with Crippen molar-refractivity contribution in [2.75, 3.05) is 11.9 Å². The van der Waals surface area contributed by atoms with Crippen LogP contribution in [0, 0.1) is 17.7 Å². The molecule has 8 nitrogen and oxygen atoms in total. The second-order valence-corrected chi connectivity index (χ2v) is 9.90.